The summed E-state index contributed by atoms with van der Waals surface area (Å²) in [5, 5.41) is 7.47. The van der Waals surface area contributed by atoms with Gasteiger partial charge in [0.15, 0.2) is 5.82 Å². The van der Waals surface area contributed by atoms with E-state index in [0.29, 0.717) is 47.6 Å². The van der Waals surface area contributed by atoms with Crippen LogP contribution in [0.5, 0.6) is 11.5 Å². The zero-order valence-corrected chi connectivity index (χ0v) is 24.4. The minimum absolute atomic E-state index is 0.0675. The number of hydrogen-bond acceptors (Lipinski definition) is 10. The molecule has 4 heterocycles. The number of aromatic nitrogens is 5. The van der Waals surface area contributed by atoms with Crippen molar-refractivity contribution in [3.05, 3.63) is 60.3 Å². The average Bonchev–Trinajstić information content (AvgIpc) is 3.59. The van der Waals surface area contributed by atoms with Crippen LogP contribution in [0, 0.1) is 0 Å². The molecular weight excluding hydrogens is 552 g/mol. The monoisotopic (exact) mass is 586 g/mol. The van der Waals surface area contributed by atoms with E-state index in [1.165, 1.54) is 18.8 Å². The first-order chi connectivity index (χ1) is 19.7. The van der Waals surface area contributed by atoms with Crippen LogP contribution in [-0.4, -0.2) is 78.0 Å². The third-order valence-corrected chi connectivity index (χ3v) is 8.35. The molecule has 1 unspecified atom stereocenters. The molecule has 0 bridgehead atoms. The molecule has 1 N–H and O–H groups in total. The fourth-order valence-electron chi connectivity index (χ4n) is 4.67. The van der Waals surface area contributed by atoms with Crippen molar-refractivity contribution in [2.45, 2.75) is 44.3 Å². The first kappa shape index (κ1) is 28.8. The van der Waals surface area contributed by atoms with Crippen molar-refractivity contribution in [2.24, 2.45) is 0 Å². The zero-order valence-electron chi connectivity index (χ0n) is 23.6. The van der Waals surface area contributed by atoms with E-state index in [4.69, 9.17) is 23.7 Å². The maximum absolute atomic E-state index is 14.0. The predicted molar refractivity (Wildman–Crippen MR) is 150 cm³/mol. The minimum Gasteiger partial charge on any atom is -0.494 e. The van der Waals surface area contributed by atoms with Crippen molar-refractivity contribution in [3.63, 3.8) is 0 Å². The van der Waals surface area contributed by atoms with E-state index in [2.05, 4.69) is 19.9 Å². The highest BCUT2D eigenvalue weighted by atomic mass is 32.2. The number of ether oxygens (including phenoxy) is 5. The number of benzene rings is 1. The van der Waals surface area contributed by atoms with Gasteiger partial charge in [-0.05, 0) is 45.0 Å². The smallest absolute Gasteiger partial charge is 0.243 e. The SMILES string of the molecule is COc1cccc(OC)c1-n1c(NS(=O)(=O)[C@@H](C)[C@@H](OC(C)C)c2cn3ccccc3n2)nnc1C1COCCO1. The lowest BCUT2D eigenvalue weighted by atomic mass is 10.2. The Morgan fingerprint density at radius 3 is 2.41 bits per heavy atom. The van der Waals surface area contributed by atoms with E-state index in [0.717, 1.165) is 0 Å². The van der Waals surface area contributed by atoms with Gasteiger partial charge in [0, 0.05) is 12.4 Å². The standard InChI is InChI=1S/C27H34N6O7S/c1-17(2)40-25(19-15-32-12-7-6-11-23(32)28-19)18(3)41(34,35)31-27-30-29-26(22-16-38-13-14-39-22)33(27)24-20(36-4)9-8-10-21(24)37-5/h6-12,15,17-18,22,25H,13-14,16H2,1-5H3,(H,30,31)/t18-,22?,25+/m0/s1. The molecule has 0 aliphatic carbocycles. The van der Waals surface area contributed by atoms with E-state index in [1.807, 2.05) is 42.6 Å². The van der Waals surface area contributed by atoms with Crippen LogP contribution in [-0.2, 0) is 24.2 Å². The number of imidazole rings is 1. The van der Waals surface area contributed by atoms with Gasteiger partial charge in [0.25, 0.3) is 0 Å². The van der Waals surface area contributed by atoms with Gasteiger partial charge in [-0.15, -0.1) is 10.2 Å². The van der Waals surface area contributed by atoms with Gasteiger partial charge in [-0.2, -0.15) is 0 Å². The lowest BCUT2D eigenvalue weighted by molar-refractivity contribution is -0.0941. The lowest BCUT2D eigenvalue weighted by Gasteiger charge is -2.26. The van der Waals surface area contributed by atoms with Gasteiger partial charge in [-0.3, -0.25) is 9.29 Å². The fourth-order valence-corrected chi connectivity index (χ4v) is 5.77. The summed E-state index contributed by atoms with van der Waals surface area (Å²) in [6.07, 6.45) is 1.88. The quantitative estimate of drug-likeness (QED) is 0.278. The van der Waals surface area contributed by atoms with Crippen molar-refractivity contribution in [3.8, 4) is 17.2 Å². The Bertz CT molecular complexity index is 1540. The molecule has 13 nitrogen and oxygen atoms in total. The van der Waals surface area contributed by atoms with Crippen molar-refractivity contribution >= 4 is 21.6 Å². The Morgan fingerprint density at radius 1 is 1.02 bits per heavy atom. The number of nitrogens with one attached hydrogen (secondary N) is 1. The lowest BCUT2D eigenvalue weighted by Crippen LogP contribution is -2.34. The van der Waals surface area contributed by atoms with Crippen LogP contribution in [0.1, 0.15) is 44.5 Å². The van der Waals surface area contributed by atoms with Gasteiger partial charge in [0.05, 0.1) is 45.8 Å². The number of anilines is 1. The maximum atomic E-state index is 14.0. The van der Waals surface area contributed by atoms with Gasteiger partial charge in [-0.1, -0.05) is 12.1 Å². The number of sulfonamides is 1. The topological polar surface area (TPSA) is 140 Å². The van der Waals surface area contributed by atoms with Crippen LogP contribution in [0.4, 0.5) is 5.95 Å². The van der Waals surface area contributed by atoms with Crippen molar-refractivity contribution in [2.75, 3.05) is 38.8 Å². The zero-order chi connectivity index (χ0) is 29.1. The normalized spacial score (nSPS) is 17.5. The minimum atomic E-state index is -4.13. The highest BCUT2D eigenvalue weighted by Crippen LogP contribution is 2.38. The van der Waals surface area contributed by atoms with Crippen molar-refractivity contribution in [1.29, 1.82) is 0 Å². The second-order valence-electron chi connectivity index (χ2n) is 9.75. The highest BCUT2D eigenvalue weighted by Gasteiger charge is 2.37. The molecule has 1 aliphatic rings. The molecule has 3 aromatic heterocycles. The van der Waals surface area contributed by atoms with Crippen LogP contribution in [0.25, 0.3) is 11.3 Å². The summed E-state index contributed by atoms with van der Waals surface area (Å²) in [5.41, 5.74) is 1.58. The third kappa shape index (κ3) is 5.86. The highest BCUT2D eigenvalue weighted by molar-refractivity contribution is 7.93. The maximum Gasteiger partial charge on any atom is 0.243 e. The number of fused-ring (bicyclic) bond motifs is 1. The first-order valence-electron chi connectivity index (χ1n) is 13.2. The molecule has 0 amide bonds. The molecule has 1 fully saturated rings. The van der Waals surface area contributed by atoms with Crippen molar-refractivity contribution < 1.29 is 32.1 Å². The number of pyridine rings is 1. The molecule has 0 spiro atoms. The predicted octanol–water partition coefficient (Wildman–Crippen LogP) is 3.32. The van der Waals surface area contributed by atoms with E-state index in [1.54, 1.807) is 31.3 Å². The fraction of sp³-hybridized carbons (Fsp3) is 0.444. The Kier molecular flexibility index (Phi) is 8.45. The summed E-state index contributed by atoms with van der Waals surface area (Å²) in [6, 6.07) is 10.8. The average molecular weight is 587 g/mol. The van der Waals surface area contributed by atoms with Crippen LogP contribution in [0.3, 0.4) is 0 Å². The van der Waals surface area contributed by atoms with Gasteiger partial charge in [0.1, 0.15) is 40.3 Å². The number of hydrogen-bond donors (Lipinski definition) is 1. The van der Waals surface area contributed by atoms with Crippen LogP contribution in [0.15, 0.2) is 48.8 Å². The largest absolute Gasteiger partial charge is 0.494 e. The summed E-state index contributed by atoms with van der Waals surface area (Å²) >= 11 is 0. The molecule has 1 aromatic carbocycles. The molecule has 4 aromatic rings. The molecule has 14 heteroatoms. The Labute approximate surface area is 238 Å². The third-order valence-electron chi connectivity index (χ3n) is 6.66. The summed E-state index contributed by atoms with van der Waals surface area (Å²) in [7, 11) is -1.11. The Hall–Kier alpha value is -3.72. The summed E-state index contributed by atoms with van der Waals surface area (Å²) in [6.45, 7) is 6.28. The number of methoxy groups -OCH3 is 2. The van der Waals surface area contributed by atoms with E-state index < -0.39 is 27.5 Å². The molecule has 1 saturated heterocycles. The molecule has 0 saturated carbocycles. The van der Waals surface area contributed by atoms with Crippen molar-refractivity contribution in [1.82, 2.24) is 24.1 Å². The van der Waals surface area contributed by atoms with Gasteiger partial charge >= 0.3 is 0 Å². The molecule has 3 atom stereocenters. The second-order valence-corrected chi connectivity index (χ2v) is 11.8. The van der Waals surface area contributed by atoms with E-state index >= 15 is 0 Å². The summed E-state index contributed by atoms with van der Waals surface area (Å²) in [5.74, 6) is 1.10. The Balaban J connectivity index is 1.57. The van der Waals surface area contributed by atoms with Gasteiger partial charge in [0.2, 0.25) is 16.0 Å². The number of nitrogens with zero attached hydrogens (tertiary/aromatic N) is 5. The molecule has 1 aliphatic heterocycles. The second kappa shape index (κ2) is 12.0. The van der Waals surface area contributed by atoms with E-state index in [9.17, 15) is 8.42 Å². The van der Waals surface area contributed by atoms with Crippen LogP contribution in [0.2, 0.25) is 0 Å². The Morgan fingerprint density at radius 2 is 1.78 bits per heavy atom. The number of rotatable bonds is 11. The van der Waals surface area contributed by atoms with Crippen LogP contribution < -0.4 is 14.2 Å². The number of para-hydroxylation sites is 1. The molecule has 41 heavy (non-hydrogen) atoms. The first-order valence-corrected chi connectivity index (χ1v) is 14.7. The molecule has 220 valence electrons. The van der Waals surface area contributed by atoms with Gasteiger partial charge < -0.3 is 28.1 Å². The molecule has 5 rings (SSSR count). The van der Waals surface area contributed by atoms with E-state index in [-0.39, 0.29) is 18.7 Å². The summed E-state index contributed by atoms with van der Waals surface area (Å²) in [4.78, 5) is 4.63. The molecular formula is C27H34N6O7S. The van der Waals surface area contributed by atoms with Crippen LogP contribution >= 0.6 is 0 Å². The van der Waals surface area contributed by atoms with Gasteiger partial charge in [-0.25, -0.2) is 13.4 Å². The molecule has 0 radical (unpaired) electrons. The summed E-state index contributed by atoms with van der Waals surface area (Å²) < 4.78 is 62.8.